The largest absolute Gasteiger partial charge is 0.433 e. The molecule has 1 atom stereocenters. The highest BCUT2D eigenvalue weighted by molar-refractivity contribution is 8.00. The van der Waals surface area contributed by atoms with Gasteiger partial charge in [-0.15, -0.1) is 0 Å². The van der Waals surface area contributed by atoms with Gasteiger partial charge in [-0.05, 0) is 25.1 Å². The molecule has 1 amide bonds. The molecule has 124 valence electrons. The van der Waals surface area contributed by atoms with Gasteiger partial charge in [-0.1, -0.05) is 23.9 Å². The molecule has 0 bridgehead atoms. The summed E-state index contributed by atoms with van der Waals surface area (Å²) in [5, 5.41) is 10.6. The Bertz CT molecular complexity index is 789. The first-order valence-corrected chi connectivity index (χ1v) is 7.56. The van der Waals surface area contributed by atoms with Crippen molar-refractivity contribution in [3.8, 4) is 6.07 Å². The highest BCUT2D eigenvalue weighted by Crippen LogP contribution is 2.29. The van der Waals surface area contributed by atoms with Crippen LogP contribution in [0.25, 0.3) is 0 Å². The summed E-state index contributed by atoms with van der Waals surface area (Å²) in [6, 6.07) is 9.13. The fourth-order valence-electron chi connectivity index (χ4n) is 1.69. The Morgan fingerprint density at radius 2 is 2.04 bits per heavy atom. The third kappa shape index (κ3) is 4.45. The van der Waals surface area contributed by atoms with Crippen molar-refractivity contribution in [3.63, 3.8) is 0 Å². The van der Waals surface area contributed by atoms with Gasteiger partial charge in [-0.25, -0.2) is 9.97 Å². The number of aromatic nitrogens is 2. The zero-order valence-electron chi connectivity index (χ0n) is 12.3. The van der Waals surface area contributed by atoms with Gasteiger partial charge in [0.2, 0.25) is 5.91 Å². The van der Waals surface area contributed by atoms with Gasteiger partial charge in [0.25, 0.3) is 0 Å². The van der Waals surface area contributed by atoms with Crippen molar-refractivity contribution in [1.29, 1.82) is 5.26 Å². The molecule has 0 aliphatic carbocycles. The van der Waals surface area contributed by atoms with E-state index in [-0.39, 0.29) is 5.16 Å². The lowest BCUT2D eigenvalue weighted by molar-refractivity contribution is -0.141. The second kappa shape index (κ2) is 7.31. The molecule has 1 N–H and O–H groups in total. The fraction of sp³-hybridized carbons (Fsp3) is 0.200. The molecule has 0 saturated carbocycles. The van der Waals surface area contributed by atoms with Gasteiger partial charge in [-0.3, -0.25) is 4.79 Å². The lowest BCUT2D eigenvalue weighted by Crippen LogP contribution is -2.23. The van der Waals surface area contributed by atoms with Crippen LogP contribution in [-0.4, -0.2) is 21.1 Å². The van der Waals surface area contributed by atoms with Crippen molar-refractivity contribution in [2.24, 2.45) is 0 Å². The predicted molar refractivity (Wildman–Crippen MR) is 82.1 cm³/mol. The van der Waals surface area contributed by atoms with E-state index >= 15 is 0 Å². The maximum atomic E-state index is 12.6. The fourth-order valence-corrected chi connectivity index (χ4v) is 2.45. The lowest BCUT2D eigenvalue weighted by atomic mass is 10.2. The first kappa shape index (κ1) is 17.7. The SMILES string of the molecule is CC(Sc1nccc(C(F)(F)F)n1)C(=O)Nc1ccccc1C#N. The number of nitrogens with one attached hydrogen (secondary N) is 1. The van der Waals surface area contributed by atoms with Crippen molar-refractivity contribution in [2.75, 3.05) is 5.32 Å². The first-order chi connectivity index (χ1) is 11.3. The highest BCUT2D eigenvalue weighted by atomic mass is 32.2. The average molecular weight is 352 g/mol. The Hall–Kier alpha value is -2.60. The maximum Gasteiger partial charge on any atom is 0.433 e. The average Bonchev–Trinajstić information content (AvgIpc) is 2.54. The minimum absolute atomic E-state index is 0.152. The number of benzene rings is 1. The number of amides is 1. The van der Waals surface area contributed by atoms with Gasteiger partial charge in [-0.2, -0.15) is 18.4 Å². The van der Waals surface area contributed by atoms with Crippen molar-refractivity contribution < 1.29 is 18.0 Å². The van der Waals surface area contributed by atoms with Crippen LogP contribution in [0, 0.1) is 11.3 Å². The standard InChI is InChI=1S/C15H11F3N4OS/c1-9(13(23)21-11-5-3-2-4-10(11)8-19)24-14-20-7-6-12(22-14)15(16,17)18/h2-7,9H,1H3,(H,21,23). The summed E-state index contributed by atoms with van der Waals surface area (Å²) in [6.45, 7) is 1.51. The van der Waals surface area contributed by atoms with E-state index in [0.717, 1.165) is 24.0 Å². The van der Waals surface area contributed by atoms with Gasteiger partial charge in [0.1, 0.15) is 11.8 Å². The quantitative estimate of drug-likeness (QED) is 0.673. The number of nitrogens with zero attached hydrogens (tertiary/aromatic N) is 3. The summed E-state index contributed by atoms with van der Waals surface area (Å²) in [5.74, 6) is -0.469. The molecule has 0 radical (unpaired) electrons. The minimum atomic E-state index is -4.57. The van der Waals surface area contributed by atoms with E-state index in [2.05, 4.69) is 15.3 Å². The van der Waals surface area contributed by atoms with Crippen LogP contribution in [0.15, 0.2) is 41.7 Å². The summed E-state index contributed by atoms with van der Waals surface area (Å²) < 4.78 is 37.9. The van der Waals surface area contributed by atoms with E-state index in [9.17, 15) is 18.0 Å². The number of hydrogen-bond acceptors (Lipinski definition) is 5. The Kier molecular flexibility index (Phi) is 5.41. The van der Waals surface area contributed by atoms with Crippen LogP contribution in [0.1, 0.15) is 18.2 Å². The van der Waals surface area contributed by atoms with E-state index in [4.69, 9.17) is 5.26 Å². The molecule has 2 aromatic rings. The molecule has 0 fully saturated rings. The van der Waals surface area contributed by atoms with Gasteiger partial charge in [0.15, 0.2) is 5.16 Å². The summed E-state index contributed by atoms with van der Waals surface area (Å²) in [6.07, 6.45) is -3.58. The van der Waals surface area contributed by atoms with E-state index in [1.807, 2.05) is 6.07 Å². The molecule has 1 aromatic carbocycles. The first-order valence-electron chi connectivity index (χ1n) is 6.68. The molecule has 24 heavy (non-hydrogen) atoms. The van der Waals surface area contributed by atoms with E-state index in [1.165, 1.54) is 6.92 Å². The van der Waals surface area contributed by atoms with Gasteiger partial charge >= 0.3 is 6.18 Å². The van der Waals surface area contributed by atoms with Crippen LogP contribution in [0.2, 0.25) is 0 Å². The Balaban J connectivity index is 2.08. The summed E-state index contributed by atoms with van der Waals surface area (Å²) >= 11 is 0.797. The topological polar surface area (TPSA) is 78.7 Å². The summed E-state index contributed by atoms with van der Waals surface area (Å²) in [5.41, 5.74) is -0.441. The van der Waals surface area contributed by atoms with Gasteiger partial charge < -0.3 is 5.32 Å². The second-order valence-electron chi connectivity index (χ2n) is 4.63. The van der Waals surface area contributed by atoms with Crippen LogP contribution in [0.5, 0.6) is 0 Å². The zero-order chi connectivity index (χ0) is 17.7. The summed E-state index contributed by atoms with van der Waals surface area (Å²) in [7, 11) is 0. The molecule has 1 unspecified atom stereocenters. The number of rotatable bonds is 4. The van der Waals surface area contributed by atoms with Crippen LogP contribution < -0.4 is 5.32 Å². The normalized spacial score (nSPS) is 12.3. The number of nitriles is 1. The molecule has 0 saturated heterocycles. The van der Waals surface area contributed by atoms with Crippen LogP contribution in [-0.2, 0) is 11.0 Å². The van der Waals surface area contributed by atoms with Crippen LogP contribution in [0.4, 0.5) is 18.9 Å². The van der Waals surface area contributed by atoms with Crippen molar-refractivity contribution >= 4 is 23.4 Å². The molecule has 0 aliphatic heterocycles. The Morgan fingerprint density at radius 1 is 1.33 bits per heavy atom. The number of alkyl halides is 3. The second-order valence-corrected chi connectivity index (χ2v) is 5.94. The van der Waals surface area contributed by atoms with E-state index in [0.29, 0.717) is 11.3 Å². The van der Waals surface area contributed by atoms with E-state index in [1.54, 1.807) is 24.3 Å². The van der Waals surface area contributed by atoms with Crippen molar-refractivity contribution in [2.45, 2.75) is 23.5 Å². The molecular weight excluding hydrogens is 341 g/mol. The number of carbonyl (C=O) groups is 1. The molecular formula is C15H11F3N4OS. The van der Waals surface area contributed by atoms with E-state index < -0.39 is 23.0 Å². The molecule has 1 heterocycles. The monoisotopic (exact) mass is 352 g/mol. The number of anilines is 1. The van der Waals surface area contributed by atoms with Crippen LogP contribution in [0.3, 0.4) is 0 Å². The van der Waals surface area contributed by atoms with Crippen LogP contribution >= 0.6 is 11.8 Å². The number of hydrogen-bond donors (Lipinski definition) is 1. The molecule has 1 aromatic heterocycles. The van der Waals surface area contributed by atoms with Gasteiger partial charge in [0, 0.05) is 6.20 Å². The smallest absolute Gasteiger partial charge is 0.324 e. The minimum Gasteiger partial charge on any atom is -0.324 e. The summed E-state index contributed by atoms with van der Waals surface area (Å²) in [4.78, 5) is 19.3. The third-order valence-corrected chi connectivity index (χ3v) is 3.86. The molecule has 0 spiro atoms. The van der Waals surface area contributed by atoms with Gasteiger partial charge in [0.05, 0.1) is 16.5 Å². The number of para-hydroxylation sites is 1. The Labute approximate surface area is 139 Å². The number of halogens is 3. The molecule has 9 heteroatoms. The number of thioether (sulfide) groups is 1. The highest BCUT2D eigenvalue weighted by Gasteiger charge is 2.33. The Morgan fingerprint density at radius 3 is 2.71 bits per heavy atom. The molecule has 5 nitrogen and oxygen atoms in total. The third-order valence-electron chi connectivity index (χ3n) is 2.88. The maximum absolute atomic E-state index is 12.6. The zero-order valence-corrected chi connectivity index (χ0v) is 13.1. The lowest BCUT2D eigenvalue weighted by Gasteiger charge is -2.12. The van der Waals surface area contributed by atoms with Crippen molar-refractivity contribution in [1.82, 2.24) is 9.97 Å². The molecule has 2 rings (SSSR count). The predicted octanol–water partition coefficient (Wildman–Crippen LogP) is 3.49. The number of carbonyl (C=O) groups excluding carboxylic acids is 1. The molecule has 0 aliphatic rings. The van der Waals surface area contributed by atoms with Crippen molar-refractivity contribution in [3.05, 3.63) is 47.8 Å².